The predicted octanol–water partition coefficient (Wildman–Crippen LogP) is 2.11. The molecule has 0 fully saturated rings. The maximum absolute atomic E-state index is 11.3. The van der Waals surface area contributed by atoms with Crippen LogP contribution >= 0.6 is 0 Å². The number of rotatable bonds is 2. The van der Waals surface area contributed by atoms with Crippen molar-refractivity contribution in [3.8, 4) is 0 Å². The van der Waals surface area contributed by atoms with Gasteiger partial charge in [0, 0.05) is 23.5 Å². The largest absolute Gasteiger partial charge is 0.445 e. The molecule has 0 atom stereocenters. The first-order chi connectivity index (χ1) is 6.97. The Bertz CT molecular complexity index is 317. The van der Waals surface area contributed by atoms with Gasteiger partial charge in [-0.3, -0.25) is 4.98 Å². The topological polar surface area (TPSA) is 51.2 Å². The van der Waals surface area contributed by atoms with E-state index in [0.29, 0.717) is 0 Å². The van der Waals surface area contributed by atoms with E-state index in [-0.39, 0.29) is 12.1 Å². The summed E-state index contributed by atoms with van der Waals surface area (Å²) in [5.74, 6) is 0. The zero-order chi connectivity index (χ0) is 11.3. The van der Waals surface area contributed by atoms with Crippen molar-refractivity contribution in [3.05, 3.63) is 30.1 Å². The van der Waals surface area contributed by atoms with Crippen molar-refractivity contribution in [2.75, 3.05) is 0 Å². The van der Waals surface area contributed by atoms with Crippen LogP contribution < -0.4 is 5.32 Å². The highest BCUT2D eigenvalue weighted by Gasteiger charge is 2.14. The normalized spacial score (nSPS) is 10.9. The Labute approximate surface area is 89.7 Å². The van der Waals surface area contributed by atoms with Gasteiger partial charge in [0.15, 0.2) is 0 Å². The zero-order valence-electron chi connectivity index (χ0n) is 9.28. The first kappa shape index (κ1) is 11.5. The van der Waals surface area contributed by atoms with Crippen molar-refractivity contribution in [2.24, 2.45) is 0 Å². The summed E-state index contributed by atoms with van der Waals surface area (Å²) in [4.78, 5) is 15.2. The summed E-state index contributed by atoms with van der Waals surface area (Å²) < 4.78 is 5.01. The summed E-state index contributed by atoms with van der Waals surface area (Å²) in [6.45, 7) is 5.95. The van der Waals surface area contributed by atoms with Gasteiger partial charge in [0.1, 0.15) is 6.61 Å². The standard InChI is InChI=1S/C11H16N2O2/c1-11(2,3)13-10(14)15-8-9-5-4-6-12-7-9/h4-7H,8H2,1-3H3,(H,13,14). The molecule has 4 nitrogen and oxygen atoms in total. The van der Waals surface area contributed by atoms with E-state index in [1.54, 1.807) is 18.5 Å². The summed E-state index contributed by atoms with van der Waals surface area (Å²) in [7, 11) is 0. The lowest BCUT2D eigenvalue weighted by Crippen LogP contribution is -2.40. The van der Waals surface area contributed by atoms with Crippen molar-refractivity contribution in [1.29, 1.82) is 0 Å². The van der Waals surface area contributed by atoms with Crippen LogP contribution in [-0.2, 0) is 11.3 Å². The van der Waals surface area contributed by atoms with E-state index in [0.717, 1.165) is 5.56 Å². The van der Waals surface area contributed by atoms with Crippen molar-refractivity contribution in [3.63, 3.8) is 0 Å². The molecule has 1 amide bonds. The lowest BCUT2D eigenvalue weighted by Gasteiger charge is -2.19. The van der Waals surface area contributed by atoms with Crippen molar-refractivity contribution >= 4 is 6.09 Å². The molecule has 1 rings (SSSR count). The van der Waals surface area contributed by atoms with Crippen LogP contribution in [-0.4, -0.2) is 16.6 Å². The number of pyridine rings is 1. The summed E-state index contributed by atoms with van der Waals surface area (Å²) in [6, 6.07) is 3.66. The molecule has 0 aromatic carbocycles. The van der Waals surface area contributed by atoms with Crippen LogP contribution in [0.15, 0.2) is 24.5 Å². The zero-order valence-corrected chi connectivity index (χ0v) is 9.28. The van der Waals surface area contributed by atoms with Crippen LogP contribution in [0.25, 0.3) is 0 Å². The van der Waals surface area contributed by atoms with Crippen LogP contribution in [0.5, 0.6) is 0 Å². The number of amides is 1. The van der Waals surface area contributed by atoms with Crippen molar-refractivity contribution < 1.29 is 9.53 Å². The number of nitrogens with zero attached hydrogens (tertiary/aromatic N) is 1. The second kappa shape index (κ2) is 4.77. The van der Waals surface area contributed by atoms with E-state index in [1.165, 1.54) is 0 Å². The average Bonchev–Trinajstić information content (AvgIpc) is 2.14. The maximum atomic E-state index is 11.3. The van der Waals surface area contributed by atoms with Crippen LogP contribution in [0.2, 0.25) is 0 Å². The SMILES string of the molecule is CC(C)(C)NC(=O)OCc1cccnc1. The molecule has 0 bridgehead atoms. The van der Waals surface area contributed by atoms with Gasteiger partial charge in [-0.15, -0.1) is 0 Å². The lowest BCUT2D eigenvalue weighted by molar-refractivity contribution is 0.131. The second-order valence-corrected chi connectivity index (χ2v) is 4.31. The number of alkyl carbamates (subject to hydrolysis) is 1. The molecule has 15 heavy (non-hydrogen) atoms. The Hall–Kier alpha value is -1.58. The molecule has 1 aromatic rings. The Morgan fingerprint density at radius 1 is 1.53 bits per heavy atom. The molecule has 0 saturated heterocycles. The molecule has 82 valence electrons. The van der Waals surface area contributed by atoms with Crippen LogP contribution in [0.3, 0.4) is 0 Å². The number of hydrogen-bond donors (Lipinski definition) is 1. The fraction of sp³-hybridized carbons (Fsp3) is 0.455. The third kappa shape index (κ3) is 5.00. The Kier molecular flexibility index (Phi) is 3.66. The molecular weight excluding hydrogens is 192 g/mol. The van der Waals surface area contributed by atoms with E-state index in [4.69, 9.17) is 4.74 Å². The molecule has 1 aromatic heterocycles. The monoisotopic (exact) mass is 208 g/mol. The number of carbonyl (C=O) groups excluding carboxylic acids is 1. The van der Waals surface area contributed by atoms with Crippen molar-refractivity contribution in [2.45, 2.75) is 32.9 Å². The van der Waals surface area contributed by atoms with E-state index < -0.39 is 6.09 Å². The molecule has 0 radical (unpaired) electrons. The highest BCUT2D eigenvalue weighted by Crippen LogP contribution is 2.02. The Balaban J connectivity index is 2.35. The molecule has 0 unspecified atom stereocenters. The molecule has 0 spiro atoms. The second-order valence-electron chi connectivity index (χ2n) is 4.31. The van der Waals surface area contributed by atoms with Gasteiger partial charge in [0.2, 0.25) is 0 Å². The fourth-order valence-corrected chi connectivity index (χ4v) is 0.975. The number of ether oxygens (including phenoxy) is 1. The molecule has 0 aliphatic carbocycles. The summed E-state index contributed by atoms with van der Waals surface area (Å²) in [6.07, 6.45) is 2.94. The van der Waals surface area contributed by atoms with Gasteiger partial charge in [0.25, 0.3) is 0 Å². The third-order valence-corrected chi connectivity index (χ3v) is 1.57. The summed E-state index contributed by atoms with van der Waals surface area (Å²) in [5, 5.41) is 2.71. The molecule has 4 heteroatoms. The Morgan fingerprint density at radius 3 is 2.80 bits per heavy atom. The van der Waals surface area contributed by atoms with Gasteiger partial charge >= 0.3 is 6.09 Å². The van der Waals surface area contributed by atoms with Crippen LogP contribution in [0.1, 0.15) is 26.3 Å². The third-order valence-electron chi connectivity index (χ3n) is 1.57. The first-order valence-electron chi connectivity index (χ1n) is 4.81. The van der Waals surface area contributed by atoms with Gasteiger partial charge in [-0.25, -0.2) is 4.79 Å². The quantitative estimate of drug-likeness (QED) is 0.809. The molecule has 0 aliphatic heterocycles. The highest BCUT2D eigenvalue weighted by molar-refractivity contribution is 5.68. The van der Waals surface area contributed by atoms with Gasteiger partial charge in [0.05, 0.1) is 0 Å². The molecule has 0 saturated carbocycles. The lowest BCUT2D eigenvalue weighted by atomic mass is 10.1. The molecule has 0 aliphatic rings. The van der Waals surface area contributed by atoms with Crippen LogP contribution in [0, 0.1) is 0 Å². The molecular formula is C11H16N2O2. The maximum Gasteiger partial charge on any atom is 0.407 e. The first-order valence-corrected chi connectivity index (χ1v) is 4.81. The van der Waals surface area contributed by atoms with Crippen molar-refractivity contribution in [1.82, 2.24) is 10.3 Å². The van der Waals surface area contributed by atoms with E-state index in [1.807, 2.05) is 26.8 Å². The van der Waals surface area contributed by atoms with Gasteiger partial charge < -0.3 is 10.1 Å². The van der Waals surface area contributed by atoms with Gasteiger partial charge in [-0.2, -0.15) is 0 Å². The van der Waals surface area contributed by atoms with Gasteiger partial charge in [-0.05, 0) is 26.8 Å². The summed E-state index contributed by atoms with van der Waals surface area (Å²) >= 11 is 0. The Morgan fingerprint density at radius 2 is 2.27 bits per heavy atom. The predicted molar refractivity (Wildman–Crippen MR) is 57.3 cm³/mol. The molecule has 1 heterocycles. The summed E-state index contributed by atoms with van der Waals surface area (Å²) in [5.41, 5.74) is 0.605. The van der Waals surface area contributed by atoms with E-state index in [2.05, 4.69) is 10.3 Å². The highest BCUT2D eigenvalue weighted by atomic mass is 16.5. The number of hydrogen-bond acceptors (Lipinski definition) is 3. The van der Waals surface area contributed by atoms with Gasteiger partial charge in [-0.1, -0.05) is 6.07 Å². The average molecular weight is 208 g/mol. The smallest absolute Gasteiger partial charge is 0.407 e. The van der Waals surface area contributed by atoms with E-state index >= 15 is 0 Å². The number of aromatic nitrogens is 1. The minimum absolute atomic E-state index is 0.246. The van der Waals surface area contributed by atoms with E-state index in [9.17, 15) is 4.79 Å². The minimum atomic E-state index is -0.411. The van der Waals surface area contributed by atoms with Crippen LogP contribution in [0.4, 0.5) is 4.79 Å². The number of nitrogens with one attached hydrogen (secondary N) is 1. The minimum Gasteiger partial charge on any atom is -0.445 e. The fourth-order valence-electron chi connectivity index (χ4n) is 0.975. The molecule has 1 N–H and O–H groups in total. The number of carbonyl (C=O) groups is 1.